The maximum absolute atomic E-state index is 14.9. The average molecular weight is 509 g/mol. The highest BCUT2D eigenvalue weighted by molar-refractivity contribution is 8.00. The molecule has 0 amide bonds. The van der Waals surface area contributed by atoms with Gasteiger partial charge in [0.2, 0.25) is 0 Å². The van der Waals surface area contributed by atoms with Crippen LogP contribution in [0, 0.1) is 17.5 Å². The van der Waals surface area contributed by atoms with Crippen LogP contribution in [-0.2, 0) is 0 Å². The van der Waals surface area contributed by atoms with Gasteiger partial charge in [-0.2, -0.15) is 0 Å². The van der Waals surface area contributed by atoms with Gasteiger partial charge in [-0.25, -0.2) is 18.2 Å². The molecule has 0 spiro atoms. The van der Waals surface area contributed by atoms with Crippen LogP contribution in [0.5, 0.6) is 11.5 Å². The average Bonchev–Trinajstić information content (AvgIpc) is 3.40. The largest absolute Gasteiger partial charge is 0.452 e. The first-order chi connectivity index (χ1) is 17.1. The Kier molecular flexibility index (Phi) is 6.64. The lowest BCUT2D eigenvalue weighted by atomic mass is 10.0. The van der Waals surface area contributed by atoms with E-state index in [1.165, 1.54) is 29.7 Å². The molecule has 3 aromatic heterocycles. The molecule has 0 radical (unpaired) electrons. The number of aromatic nitrogens is 3. The maximum Gasteiger partial charge on any atom is 0.167 e. The van der Waals surface area contributed by atoms with E-state index in [4.69, 9.17) is 4.74 Å². The number of nitrogens with one attached hydrogen (secondary N) is 1. The molecule has 5 nitrogen and oxygen atoms in total. The maximum atomic E-state index is 14.9. The number of benzene rings is 2. The minimum absolute atomic E-state index is 0.0508. The van der Waals surface area contributed by atoms with E-state index in [2.05, 4.69) is 19.7 Å². The van der Waals surface area contributed by atoms with Crippen molar-refractivity contribution in [1.29, 1.82) is 0 Å². The van der Waals surface area contributed by atoms with Crippen LogP contribution in [0.15, 0.2) is 89.0 Å². The number of anilines is 1. The van der Waals surface area contributed by atoms with E-state index in [1.807, 2.05) is 0 Å². The molecule has 0 atom stereocenters. The number of thiazole rings is 1. The van der Waals surface area contributed by atoms with Crippen molar-refractivity contribution in [2.24, 2.45) is 0 Å². The third-order valence-corrected chi connectivity index (χ3v) is 6.29. The van der Waals surface area contributed by atoms with Gasteiger partial charge < -0.3 is 9.46 Å². The second-order valence-corrected chi connectivity index (χ2v) is 8.78. The predicted molar refractivity (Wildman–Crippen MR) is 131 cm³/mol. The fraction of sp³-hybridized carbons (Fsp3) is 0. The zero-order valence-electron chi connectivity index (χ0n) is 17.8. The first kappa shape index (κ1) is 22.9. The van der Waals surface area contributed by atoms with Gasteiger partial charge in [-0.05, 0) is 42.3 Å². The third kappa shape index (κ3) is 5.28. The minimum Gasteiger partial charge on any atom is -0.452 e. The molecule has 0 saturated heterocycles. The van der Waals surface area contributed by atoms with Crippen LogP contribution in [0.3, 0.4) is 0 Å². The molecule has 3 heterocycles. The molecule has 5 rings (SSSR count). The molecule has 1 N–H and O–H groups in total. The standard InChI is InChI=1S/C25H15F3N4OS2/c26-17-5-1-3-15(7-17)21-8-18(16-4-2-6-29-11-16)23(12-30-21)33-22-9-20(28)24(10-19(22)27)35-32-25-13-34-14-31-25/h1-14,32H. The molecule has 5 aromatic rings. The number of pyridine rings is 2. The molecule has 10 heteroatoms. The Morgan fingerprint density at radius 3 is 2.51 bits per heavy atom. The first-order valence-electron chi connectivity index (χ1n) is 10.2. The summed E-state index contributed by atoms with van der Waals surface area (Å²) in [5, 5.41) is 1.75. The minimum atomic E-state index is -0.750. The van der Waals surface area contributed by atoms with Gasteiger partial charge in [0.15, 0.2) is 17.3 Å². The lowest BCUT2D eigenvalue weighted by Gasteiger charge is -2.14. The number of hydrogen-bond donors (Lipinski definition) is 1. The number of nitrogens with zero attached hydrogens (tertiary/aromatic N) is 3. The van der Waals surface area contributed by atoms with Crippen molar-refractivity contribution in [2.75, 3.05) is 4.72 Å². The summed E-state index contributed by atoms with van der Waals surface area (Å²) < 4.78 is 52.0. The van der Waals surface area contributed by atoms with Crippen molar-refractivity contribution >= 4 is 29.1 Å². The summed E-state index contributed by atoms with van der Waals surface area (Å²) >= 11 is 2.29. The van der Waals surface area contributed by atoms with Crippen LogP contribution in [0.2, 0.25) is 0 Å². The summed E-state index contributed by atoms with van der Waals surface area (Å²) in [6, 6.07) is 13.3. The summed E-state index contributed by atoms with van der Waals surface area (Å²) in [4.78, 5) is 12.6. The predicted octanol–water partition coefficient (Wildman–Crippen LogP) is 7.60. The Hall–Kier alpha value is -3.89. The van der Waals surface area contributed by atoms with Crippen LogP contribution >= 0.6 is 23.3 Å². The van der Waals surface area contributed by atoms with Gasteiger partial charge >= 0.3 is 0 Å². The monoisotopic (exact) mass is 508 g/mol. The fourth-order valence-electron chi connectivity index (χ4n) is 3.23. The van der Waals surface area contributed by atoms with Crippen molar-refractivity contribution in [3.05, 3.63) is 102 Å². The highest BCUT2D eigenvalue weighted by Crippen LogP contribution is 2.37. The third-order valence-electron chi connectivity index (χ3n) is 4.86. The van der Waals surface area contributed by atoms with Gasteiger partial charge in [-0.15, -0.1) is 11.3 Å². The number of hydrogen-bond acceptors (Lipinski definition) is 7. The van der Waals surface area contributed by atoms with Crippen molar-refractivity contribution in [2.45, 2.75) is 4.90 Å². The highest BCUT2D eigenvalue weighted by atomic mass is 32.2. The quantitative estimate of drug-likeness (QED) is 0.229. The normalized spacial score (nSPS) is 10.8. The van der Waals surface area contributed by atoms with Gasteiger partial charge in [0.25, 0.3) is 0 Å². The summed E-state index contributed by atoms with van der Waals surface area (Å²) in [6.45, 7) is 0. The van der Waals surface area contributed by atoms with E-state index in [9.17, 15) is 13.2 Å². The van der Waals surface area contributed by atoms with Crippen LogP contribution in [0.25, 0.3) is 22.4 Å². The van der Waals surface area contributed by atoms with Gasteiger partial charge in [0.05, 0.1) is 22.3 Å². The number of halogens is 3. The molecular formula is C25H15F3N4OS2. The Morgan fingerprint density at radius 1 is 0.857 bits per heavy atom. The second-order valence-electron chi connectivity index (χ2n) is 7.21. The lowest BCUT2D eigenvalue weighted by molar-refractivity contribution is 0.433. The molecule has 0 aliphatic heterocycles. The van der Waals surface area contributed by atoms with Gasteiger partial charge in [-0.1, -0.05) is 18.2 Å². The Bertz CT molecular complexity index is 1470. The van der Waals surface area contributed by atoms with E-state index in [0.717, 1.165) is 24.1 Å². The summed E-state index contributed by atoms with van der Waals surface area (Å²) in [5.41, 5.74) is 3.89. The topological polar surface area (TPSA) is 59.9 Å². The van der Waals surface area contributed by atoms with E-state index in [0.29, 0.717) is 28.2 Å². The van der Waals surface area contributed by atoms with Crippen molar-refractivity contribution in [3.63, 3.8) is 0 Å². The molecule has 2 aromatic carbocycles. The molecule has 0 fully saturated rings. The van der Waals surface area contributed by atoms with Crippen molar-refractivity contribution in [1.82, 2.24) is 15.0 Å². The second kappa shape index (κ2) is 10.2. The van der Waals surface area contributed by atoms with Gasteiger partial charge in [0.1, 0.15) is 17.5 Å². The molecule has 0 bridgehead atoms. The van der Waals surface area contributed by atoms with Gasteiger partial charge in [-0.3, -0.25) is 9.97 Å². The molecule has 0 aliphatic carbocycles. The SMILES string of the molecule is Fc1cccc(-c2cc(-c3cccnc3)c(Oc3cc(F)c(SNc4cscn4)cc3F)cn2)c1. The Morgan fingerprint density at radius 2 is 1.74 bits per heavy atom. The summed E-state index contributed by atoms with van der Waals surface area (Å²) in [5.74, 6) is -1.37. The van der Waals surface area contributed by atoms with Crippen LogP contribution in [0.4, 0.5) is 19.0 Å². The van der Waals surface area contributed by atoms with E-state index < -0.39 is 17.5 Å². The van der Waals surface area contributed by atoms with E-state index in [-0.39, 0.29) is 16.4 Å². The molecule has 0 saturated carbocycles. The first-order valence-corrected chi connectivity index (χ1v) is 12.0. The molecule has 0 unspecified atom stereocenters. The summed E-state index contributed by atoms with van der Waals surface area (Å²) in [7, 11) is 0. The zero-order chi connectivity index (χ0) is 24.2. The fourth-order valence-corrected chi connectivity index (χ4v) is 4.44. The van der Waals surface area contributed by atoms with Crippen molar-refractivity contribution < 1.29 is 17.9 Å². The Labute approximate surface area is 206 Å². The van der Waals surface area contributed by atoms with Crippen LogP contribution in [-0.4, -0.2) is 15.0 Å². The number of ether oxygens (including phenoxy) is 1. The zero-order valence-corrected chi connectivity index (χ0v) is 19.4. The van der Waals surface area contributed by atoms with E-state index >= 15 is 0 Å². The number of rotatable bonds is 7. The van der Waals surface area contributed by atoms with E-state index in [1.54, 1.807) is 53.6 Å². The lowest BCUT2D eigenvalue weighted by Crippen LogP contribution is -1.97. The Balaban J connectivity index is 1.48. The summed E-state index contributed by atoms with van der Waals surface area (Å²) in [6.07, 6.45) is 4.62. The smallest absolute Gasteiger partial charge is 0.167 e. The van der Waals surface area contributed by atoms with Crippen LogP contribution in [0.1, 0.15) is 0 Å². The van der Waals surface area contributed by atoms with Crippen molar-refractivity contribution in [3.8, 4) is 33.9 Å². The molecule has 35 heavy (non-hydrogen) atoms. The molecule has 0 aliphatic rings. The highest BCUT2D eigenvalue weighted by Gasteiger charge is 2.17. The van der Waals surface area contributed by atoms with Crippen LogP contribution < -0.4 is 9.46 Å². The van der Waals surface area contributed by atoms with Gasteiger partial charge in [0, 0.05) is 40.5 Å². The molecular weight excluding hydrogens is 493 g/mol. The molecule has 174 valence electrons.